The molecule has 118 valence electrons. The zero-order chi connectivity index (χ0) is 15.4. The molecule has 3 unspecified atom stereocenters. The Balaban J connectivity index is 1.88. The van der Waals surface area contributed by atoms with E-state index in [-0.39, 0.29) is 12.2 Å². The molecule has 0 spiro atoms. The van der Waals surface area contributed by atoms with Gasteiger partial charge in [-0.1, -0.05) is 0 Å². The summed E-state index contributed by atoms with van der Waals surface area (Å²) >= 11 is 0. The minimum absolute atomic E-state index is 0.0536. The van der Waals surface area contributed by atoms with Crippen LogP contribution in [0.3, 0.4) is 0 Å². The van der Waals surface area contributed by atoms with Crippen LogP contribution in [0, 0.1) is 11.6 Å². The molecule has 0 aromatic heterocycles. The molecule has 6 heteroatoms. The van der Waals surface area contributed by atoms with Crippen LogP contribution in [0.2, 0.25) is 0 Å². The van der Waals surface area contributed by atoms with Crippen LogP contribution in [0.1, 0.15) is 18.0 Å². The lowest BCUT2D eigenvalue weighted by atomic mass is 10.0. The molecule has 1 aromatic carbocycles. The molecule has 1 aliphatic heterocycles. The van der Waals surface area contributed by atoms with Crippen LogP contribution in [0.15, 0.2) is 18.2 Å². The van der Waals surface area contributed by atoms with Gasteiger partial charge in [-0.15, -0.1) is 0 Å². The fourth-order valence-corrected chi connectivity index (χ4v) is 2.73. The smallest absolute Gasteiger partial charge is 0.126 e. The maximum absolute atomic E-state index is 13.2. The molecular weight excluding hydrogens is 278 g/mol. The monoisotopic (exact) mass is 300 g/mol. The van der Waals surface area contributed by atoms with Crippen molar-refractivity contribution < 1.29 is 18.3 Å². The van der Waals surface area contributed by atoms with Gasteiger partial charge in [0.15, 0.2) is 0 Å². The van der Waals surface area contributed by atoms with Crippen LogP contribution in [-0.4, -0.2) is 51.0 Å². The van der Waals surface area contributed by atoms with Crippen molar-refractivity contribution in [1.29, 1.82) is 0 Å². The second kappa shape index (κ2) is 7.26. The Kier molecular flexibility index (Phi) is 5.64. The fourth-order valence-electron chi connectivity index (χ4n) is 2.73. The summed E-state index contributed by atoms with van der Waals surface area (Å²) in [6, 6.07) is 3.03. The van der Waals surface area contributed by atoms with Crippen molar-refractivity contribution in [1.82, 2.24) is 4.90 Å². The maximum Gasteiger partial charge on any atom is 0.126 e. The van der Waals surface area contributed by atoms with Gasteiger partial charge in [-0.05, 0) is 24.1 Å². The second-order valence-electron chi connectivity index (χ2n) is 5.41. The summed E-state index contributed by atoms with van der Waals surface area (Å²) < 4.78 is 37.1. The topological polar surface area (TPSA) is 47.7 Å². The molecule has 1 aromatic rings. The highest BCUT2D eigenvalue weighted by Crippen LogP contribution is 2.20. The van der Waals surface area contributed by atoms with Crippen LogP contribution in [0.4, 0.5) is 8.78 Å². The van der Waals surface area contributed by atoms with E-state index in [0.717, 1.165) is 25.7 Å². The minimum Gasteiger partial charge on any atom is -0.377 e. The first-order valence-corrected chi connectivity index (χ1v) is 7.03. The number of nitrogens with zero attached hydrogens (tertiary/aromatic N) is 1. The molecule has 4 nitrogen and oxygen atoms in total. The van der Waals surface area contributed by atoms with Crippen molar-refractivity contribution in [2.24, 2.45) is 5.73 Å². The molecule has 1 saturated heterocycles. The number of nitrogens with two attached hydrogens (primary N) is 1. The third kappa shape index (κ3) is 4.20. The summed E-state index contributed by atoms with van der Waals surface area (Å²) in [5, 5.41) is 0. The Morgan fingerprint density at radius 3 is 2.14 bits per heavy atom. The van der Waals surface area contributed by atoms with Gasteiger partial charge in [0, 0.05) is 46.0 Å². The third-order valence-electron chi connectivity index (χ3n) is 3.97. The average molecular weight is 300 g/mol. The van der Waals surface area contributed by atoms with E-state index in [1.165, 1.54) is 12.1 Å². The zero-order valence-electron chi connectivity index (χ0n) is 12.4. The van der Waals surface area contributed by atoms with Gasteiger partial charge in [-0.3, -0.25) is 4.90 Å². The minimum atomic E-state index is -0.597. The molecule has 2 N–H and O–H groups in total. The number of hydrogen-bond donors (Lipinski definition) is 1. The Hall–Kier alpha value is -1.08. The Morgan fingerprint density at radius 2 is 1.67 bits per heavy atom. The van der Waals surface area contributed by atoms with E-state index >= 15 is 0 Å². The molecule has 2 rings (SSSR count). The molecule has 0 bridgehead atoms. The quantitative estimate of drug-likeness (QED) is 0.869. The summed E-state index contributed by atoms with van der Waals surface area (Å²) in [6.07, 6.45) is 0.728. The molecule has 3 atom stereocenters. The van der Waals surface area contributed by atoms with Crippen molar-refractivity contribution >= 4 is 0 Å². The van der Waals surface area contributed by atoms with Gasteiger partial charge < -0.3 is 15.2 Å². The van der Waals surface area contributed by atoms with Gasteiger partial charge in [0.25, 0.3) is 0 Å². The van der Waals surface area contributed by atoms with E-state index in [9.17, 15) is 8.78 Å². The van der Waals surface area contributed by atoms with Crippen molar-refractivity contribution in [2.75, 3.05) is 33.9 Å². The van der Waals surface area contributed by atoms with E-state index in [0.29, 0.717) is 12.0 Å². The standard InChI is InChI=1S/C15H22F2N2O2/c1-20-14-8-19(9-15(14)21-2)4-3-13(18)10-5-11(16)7-12(17)6-10/h5-7,13-15H,3-4,8-9,18H2,1-2H3. The molecule has 0 amide bonds. The van der Waals surface area contributed by atoms with Gasteiger partial charge in [0.2, 0.25) is 0 Å². The normalized spacial score (nSPS) is 24.4. The number of ether oxygens (including phenoxy) is 2. The largest absolute Gasteiger partial charge is 0.377 e. The van der Waals surface area contributed by atoms with Crippen molar-refractivity contribution in [3.8, 4) is 0 Å². The number of likely N-dealkylation sites (tertiary alicyclic amines) is 1. The molecule has 0 radical (unpaired) electrons. The van der Waals surface area contributed by atoms with Gasteiger partial charge in [0.05, 0.1) is 12.2 Å². The Morgan fingerprint density at radius 1 is 1.14 bits per heavy atom. The van der Waals surface area contributed by atoms with Gasteiger partial charge in [0.1, 0.15) is 11.6 Å². The predicted octanol–water partition coefficient (Wildman–Crippen LogP) is 1.70. The highest BCUT2D eigenvalue weighted by Gasteiger charge is 2.32. The van der Waals surface area contributed by atoms with Crippen molar-refractivity contribution in [2.45, 2.75) is 24.7 Å². The van der Waals surface area contributed by atoms with Crippen LogP contribution in [0.5, 0.6) is 0 Å². The molecular formula is C15H22F2N2O2. The summed E-state index contributed by atoms with van der Waals surface area (Å²) in [5.41, 5.74) is 6.51. The number of benzene rings is 1. The third-order valence-corrected chi connectivity index (χ3v) is 3.97. The molecule has 1 heterocycles. The average Bonchev–Trinajstić information content (AvgIpc) is 2.86. The zero-order valence-corrected chi connectivity index (χ0v) is 12.4. The summed E-state index contributed by atoms with van der Waals surface area (Å²) in [7, 11) is 3.34. The van der Waals surface area contributed by atoms with E-state index in [1.54, 1.807) is 14.2 Å². The van der Waals surface area contributed by atoms with Crippen molar-refractivity contribution in [3.63, 3.8) is 0 Å². The number of halogens is 2. The summed E-state index contributed by atoms with van der Waals surface area (Å²) in [4.78, 5) is 2.19. The molecule has 1 aliphatic rings. The van der Waals surface area contributed by atoms with Gasteiger partial charge >= 0.3 is 0 Å². The molecule has 21 heavy (non-hydrogen) atoms. The van der Waals surface area contributed by atoms with Gasteiger partial charge in [-0.25, -0.2) is 8.78 Å². The highest BCUT2D eigenvalue weighted by molar-refractivity contribution is 5.21. The molecule has 0 aliphatic carbocycles. The van der Waals surface area contributed by atoms with Crippen LogP contribution in [-0.2, 0) is 9.47 Å². The van der Waals surface area contributed by atoms with E-state index < -0.39 is 17.7 Å². The van der Waals surface area contributed by atoms with E-state index in [1.807, 2.05) is 0 Å². The lowest BCUT2D eigenvalue weighted by molar-refractivity contribution is -0.00461. The van der Waals surface area contributed by atoms with Crippen LogP contribution < -0.4 is 5.73 Å². The van der Waals surface area contributed by atoms with E-state index in [2.05, 4.69) is 4.90 Å². The maximum atomic E-state index is 13.2. The summed E-state index contributed by atoms with van der Waals surface area (Å²) in [6.45, 7) is 2.29. The second-order valence-corrected chi connectivity index (χ2v) is 5.41. The number of hydrogen-bond acceptors (Lipinski definition) is 4. The fraction of sp³-hybridized carbons (Fsp3) is 0.600. The first-order chi connectivity index (χ1) is 10.0. The van der Waals surface area contributed by atoms with Crippen LogP contribution in [0.25, 0.3) is 0 Å². The van der Waals surface area contributed by atoms with Crippen LogP contribution >= 0.6 is 0 Å². The molecule has 1 fully saturated rings. The molecule has 0 saturated carbocycles. The van der Waals surface area contributed by atoms with E-state index in [4.69, 9.17) is 15.2 Å². The SMILES string of the molecule is COC1CN(CCC(N)c2cc(F)cc(F)c2)CC1OC. The first kappa shape index (κ1) is 16.3. The van der Waals surface area contributed by atoms with Crippen molar-refractivity contribution in [3.05, 3.63) is 35.4 Å². The number of methoxy groups -OCH3 is 2. The lowest BCUT2D eigenvalue weighted by Crippen LogP contribution is -2.27. The number of rotatable bonds is 6. The Bertz CT molecular complexity index is 441. The predicted molar refractivity (Wildman–Crippen MR) is 75.9 cm³/mol. The highest BCUT2D eigenvalue weighted by atomic mass is 19.1. The summed E-state index contributed by atoms with van der Waals surface area (Å²) in [5.74, 6) is -1.19. The lowest BCUT2D eigenvalue weighted by Gasteiger charge is -2.18. The van der Waals surface area contributed by atoms with Gasteiger partial charge in [-0.2, -0.15) is 0 Å². The Labute approximate surface area is 123 Å². The first-order valence-electron chi connectivity index (χ1n) is 7.03.